The highest BCUT2D eigenvalue weighted by Crippen LogP contribution is 2.29. The van der Waals surface area contributed by atoms with Gasteiger partial charge in [-0.3, -0.25) is 9.59 Å². The highest BCUT2D eigenvalue weighted by atomic mass is 79.9. The van der Waals surface area contributed by atoms with E-state index in [9.17, 15) is 9.59 Å². The van der Waals surface area contributed by atoms with E-state index in [-0.39, 0.29) is 17.7 Å². The van der Waals surface area contributed by atoms with E-state index in [0.29, 0.717) is 28.0 Å². The van der Waals surface area contributed by atoms with Crippen LogP contribution in [0.3, 0.4) is 0 Å². The lowest BCUT2D eigenvalue weighted by atomic mass is 10.1. The van der Waals surface area contributed by atoms with E-state index in [0.717, 1.165) is 12.8 Å². The van der Waals surface area contributed by atoms with Crippen LogP contribution in [-0.4, -0.2) is 29.2 Å². The Kier molecular flexibility index (Phi) is 4.63. The average molecular weight is 345 g/mol. The van der Waals surface area contributed by atoms with Gasteiger partial charge >= 0.3 is 0 Å². The minimum Gasteiger partial charge on any atom is -0.335 e. The summed E-state index contributed by atoms with van der Waals surface area (Å²) in [5.41, 5.74) is 0.492. The molecule has 1 aliphatic heterocycles. The second-order valence-electron chi connectivity index (χ2n) is 4.80. The molecule has 0 spiro atoms. The summed E-state index contributed by atoms with van der Waals surface area (Å²) in [7, 11) is 0. The van der Waals surface area contributed by atoms with Crippen molar-refractivity contribution in [1.82, 2.24) is 4.90 Å². The maximum atomic E-state index is 12.5. The summed E-state index contributed by atoms with van der Waals surface area (Å²) in [5, 5.41) is 0.431. The fourth-order valence-corrected chi connectivity index (χ4v) is 3.04. The standard InChI is InChI=1S/C14H15BrClNO2/c1-9(18)8-10-4-3-7-17(10)14(19)11-5-2-6-12(15)13(11)16/h2,5-6,10H,3-4,7-8H2,1H3. The molecule has 1 unspecified atom stereocenters. The number of ketones is 1. The number of benzene rings is 1. The topological polar surface area (TPSA) is 37.4 Å². The first-order valence-electron chi connectivity index (χ1n) is 6.25. The second-order valence-corrected chi connectivity index (χ2v) is 6.03. The minimum absolute atomic E-state index is 0.0139. The fourth-order valence-electron chi connectivity index (χ4n) is 2.47. The molecule has 1 heterocycles. The third kappa shape index (κ3) is 3.18. The first-order valence-corrected chi connectivity index (χ1v) is 7.42. The number of amides is 1. The van der Waals surface area contributed by atoms with Crippen LogP contribution in [0.5, 0.6) is 0 Å². The van der Waals surface area contributed by atoms with Crippen molar-refractivity contribution in [2.75, 3.05) is 6.54 Å². The van der Waals surface area contributed by atoms with E-state index < -0.39 is 0 Å². The molecule has 2 rings (SSSR count). The van der Waals surface area contributed by atoms with Gasteiger partial charge in [-0.05, 0) is 47.8 Å². The van der Waals surface area contributed by atoms with Gasteiger partial charge in [-0.2, -0.15) is 0 Å². The van der Waals surface area contributed by atoms with Crippen molar-refractivity contribution in [2.24, 2.45) is 0 Å². The lowest BCUT2D eigenvalue weighted by molar-refractivity contribution is -0.117. The molecule has 0 aromatic heterocycles. The van der Waals surface area contributed by atoms with Crippen LogP contribution in [0.2, 0.25) is 5.02 Å². The summed E-state index contributed by atoms with van der Waals surface area (Å²) >= 11 is 9.48. The molecule has 1 aromatic carbocycles. The molecule has 1 amide bonds. The van der Waals surface area contributed by atoms with E-state index in [1.807, 2.05) is 0 Å². The summed E-state index contributed by atoms with van der Waals surface area (Å²) in [6.45, 7) is 2.26. The van der Waals surface area contributed by atoms with Gasteiger partial charge < -0.3 is 4.90 Å². The Labute approximate surface area is 126 Å². The summed E-state index contributed by atoms with van der Waals surface area (Å²) in [6, 6.07) is 5.33. The van der Waals surface area contributed by atoms with E-state index in [1.165, 1.54) is 0 Å². The highest BCUT2D eigenvalue weighted by molar-refractivity contribution is 9.10. The molecule has 102 valence electrons. The van der Waals surface area contributed by atoms with Crippen molar-refractivity contribution in [3.63, 3.8) is 0 Å². The Balaban J connectivity index is 2.23. The molecule has 1 fully saturated rings. The van der Waals surface area contributed by atoms with Gasteiger partial charge in [0.25, 0.3) is 5.91 Å². The smallest absolute Gasteiger partial charge is 0.255 e. The maximum Gasteiger partial charge on any atom is 0.255 e. The molecule has 1 atom stereocenters. The van der Waals surface area contributed by atoms with Crippen molar-refractivity contribution < 1.29 is 9.59 Å². The van der Waals surface area contributed by atoms with E-state index in [2.05, 4.69) is 15.9 Å². The molecule has 1 saturated heterocycles. The minimum atomic E-state index is -0.0879. The Hall–Kier alpha value is -0.870. The van der Waals surface area contributed by atoms with Gasteiger partial charge in [0.2, 0.25) is 0 Å². The van der Waals surface area contributed by atoms with Crippen LogP contribution in [0.1, 0.15) is 36.5 Å². The van der Waals surface area contributed by atoms with Gasteiger partial charge in [0.15, 0.2) is 0 Å². The van der Waals surface area contributed by atoms with Crippen LogP contribution in [0.25, 0.3) is 0 Å². The van der Waals surface area contributed by atoms with Gasteiger partial charge in [-0.25, -0.2) is 0 Å². The molecule has 0 radical (unpaired) electrons. The number of rotatable bonds is 3. The number of nitrogens with zero attached hydrogens (tertiary/aromatic N) is 1. The molecule has 5 heteroatoms. The third-order valence-corrected chi connectivity index (χ3v) is 4.64. The summed E-state index contributed by atoms with van der Waals surface area (Å²) in [4.78, 5) is 25.5. The van der Waals surface area contributed by atoms with Crippen molar-refractivity contribution in [3.8, 4) is 0 Å². The number of carbonyl (C=O) groups is 2. The first-order chi connectivity index (χ1) is 9.00. The van der Waals surface area contributed by atoms with Crippen LogP contribution in [0, 0.1) is 0 Å². The Bertz CT molecular complexity index is 518. The number of halogens is 2. The monoisotopic (exact) mass is 343 g/mol. The number of carbonyl (C=O) groups excluding carboxylic acids is 2. The van der Waals surface area contributed by atoms with Crippen LogP contribution in [-0.2, 0) is 4.79 Å². The fraction of sp³-hybridized carbons (Fsp3) is 0.429. The van der Waals surface area contributed by atoms with Gasteiger partial charge in [0, 0.05) is 23.5 Å². The summed E-state index contributed by atoms with van der Waals surface area (Å²) in [5.74, 6) is 0.0279. The Morgan fingerprint density at radius 2 is 2.21 bits per heavy atom. The number of likely N-dealkylation sites (tertiary alicyclic amines) is 1. The zero-order chi connectivity index (χ0) is 14.0. The maximum absolute atomic E-state index is 12.5. The first kappa shape index (κ1) is 14.5. The van der Waals surface area contributed by atoms with Gasteiger partial charge in [0.05, 0.1) is 10.6 Å². The van der Waals surface area contributed by atoms with Crippen molar-refractivity contribution in [2.45, 2.75) is 32.2 Å². The number of Topliss-reactive ketones (excluding diaryl/α,β-unsaturated/α-hetero) is 1. The molecule has 1 aliphatic rings. The summed E-state index contributed by atoms with van der Waals surface area (Å²) < 4.78 is 0.710. The van der Waals surface area contributed by atoms with Gasteiger partial charge in [-0.1, -0.05) is 17.7 Å². The zero-order valence-corrected chi connectivity index (χ0v) is 13.0. The van der Waals surface area contributed by atoms with Crippen molar-refractivity contribution in [1.29, 1.82) is 0 Å². The largest absolute Gasteiger partial charge is 0.335 e. The second kappa shape index (κ2) is 6.06. The van der Waals surface area contributed by atoms with Crippen LogP contribution >= 0.6 is 27.5 Å². The van der Waals surface area contributed by atoms with E-state index in [4.69, 9.17) is 11.6 Å². The number of hydrogen-bond acceptors (Lipinski definition) is 2. The molecule has 0 N–H and O–H groups in total. The van der Waals surface area contributed by atoms with Gasteiger partial charge in [-0.15, -0.1) is 0 Å². The third-order valence-electron chi connectivity index (χ3n) is 3.34. The van der Waals surface area contributed by atoms with E-state index >= 15 is 0 Å². The molecule has 0 saturated carbocycles. The SMILES string of the molecule is CC(=O)CC1CCCN1C(=O)c1cccc(Br)c1Cl. The normalized spacial score (nSPS) is 18.7. The lowest BCUT2D eigenvalue weighted by Crippen LogP contribution is -2.36. The molecule has 1 aromatic rings. The zero-order valence-electron chi connectivity index (χ0n) is 10.7. The molecule has 0 aliphatic carbocycles. The van der Waals surface area contributed by atoms with E-state index in [1.54, 1.807) is 30.0 Å². The Morgan fingerprint density at radius 1 is 1.47 bits per heavy atom. The van der Waals surface area contributed by atoms with Crippen LogP contribution in [0.4, 0.5) is 0 Å². The Morgan fingerprint density at radius 3 is 2.89 bits per heavy atom. The number of hydrogen-bond donors (Lipinski definition) is 0. The molecule has 3 nitrogen and oxygen atoms in total. The molecular weight excluding hydrogens is 330 g/mol. The molecular formula is C14H15BrClNO2. The average Bonchev–Trinajstić information content (AvgIpc) is 2.79. The highest BCUT2D eigenvalue weighted by Gasteiger charge is 2.31. The van der Waals surface area contributed by atoms with Crippen molar-refractivity contribution >= 4 is 39.2 Å². The predicted molar refractivity (Wildman–Crippen MR) is 78.5 cm³/mol. The quantitative estimate of drug-likeness (QED) is 0.838. The van der Waals surface area contributed by atoms with Gasteiger partial charge in [0.1, 0.15) is 5.78 Å². The molecule has 19 heavy (non-hydrogen) atoms. The van der Waals surface area contributed by atoms with Crippen LogP contribution < -0.4 is 0 Å². The predicted octanol–water partition coefficient (Wildman–Crippen LogP) is 3.69. The molecule has 0 bridgehead atoms. The lowest BCUT2D eigenvalue weighted by Gasteiger charge is -2.24. The summed E-state index contributed by atoms with van der Waals surface area (Å²) in [6.07, 6.45) is 2.25. The van der Waals surface area contributed by atoms with Crippen LogP contribution in [0.15, 0.2) is 22.7 Å². The van der Waals surface area contributed by atoms with Crippen molar-refractivity contribution in [3.05, 3.63) is 33.3 Å².